The van der Waals surface area contributed by atoms with E-state index in [4.69, 9.17) is 0 Å². The van der Waals surface area contributed by atoms with Crippen LogP contribution in [0.1, 0.15) is 13.8 Å². The maximum atomic E-state index is 11.4. The number of carbonyl (C=O) groups is 1. The first kappa shape index (κ1) is 14.4. The number of nitrogens with zero attached hydrogens (tertiary/aromatic N) is 1. The lowest BCUT2D eigenvalue weighted by atomic mass is 10.1. The van der Waals surface area contributed by atoms with Crippen molar-refractivity contribution in [3.8, 4) is 0 Å². The lowest BCUT2D eigenvalue weighted by Gasteiger charge is -2.36. The second kappa shape index (κ2) is 4.91. The highest BCUT2D eigenvalue weighted by Crippen LogP contribution is 2.16. The van der Waals surface area contributed by atoms with Gasteiger partial charge in [0.15, 0.2) is 15.4 Å². The van der Waals surface area contributed by atoms with E-state index in [0.717, 1.165) is 0 Å². The summed E-state index contributed by atoms with van der Waals surface area (Å²) in [5, 5.41) is 9.92. The van der Waals surface area contributed by atoms with Crippen LogP contribution in [0.25, 0.3) is 0 Å². The minimum absolute atomic E-state index is 0.0598. The van der Waals surface area contributed by atoms with Crippen molar-refractivity contribution in [2.75, 3.05) is 31.7 Å². The van der Waals surface area contributed by atoms with Crippen molar-refractivity contribution in [3.63, 3.8) is 0 Å². The van der Waals surface area contributed by atoms with E-state index in [9.17, 15) is 18.3 Å². The van der Waals surface area contributed by atoms with Gasteiger partial charge in [-0.2, -0.15) is 0 Å². The fourth-order valence-electron chi connectivity index (χ4n) is 1.95. The topological polar surface area (TPSA) is 83.9 Å². The smallest absolute Gasteiger partial charge is 0.338 e. The number of β-amino-alcohol motifs (C(OH)–C–C–N with tert-alkyl or cyclic N) is 1. The van der Waals surface area contributed by atoms with Gasteiger partial charge in [0.1, 0.15) is 0 Å². The van der Waals surface area contributed by atoms with E-state index >= 15 is 0 Å². The molecule has 2 unspecified atom stereocenters. The third-order valence-electron chi connectivity index (χ3n) is 2.94. The Hall–Kier alpha value is -0.660. The molecule has 0 aromatic rings. The molecule has 100 valence electrons. The highest BCUT2D eigenvalue weighted by molar-refractivity contribution is 7.91. The number of rotatable bonds is 3. The van der Waals surface area contributed by atoms with Crippen molar-refractivity contribution in [2.24, 2.45) is 0 Å². The summed E-state index contributed by atoms with van der Waals surface area (Å²) in [4.78, 5) is 13.1. The van der Waals surface area contributed by atoms with Crippen LogP contribution in [0.5, 0.6) is 0 Å². The van der Waals surface area contributed by atoms with Crippen molar-refractivity contribution < 1.29 is 23.1 Å². The minimum atomic E-state index is -2.99. The quantitative estimate of drug-likeness (QED) is 0.661. The number of methoxy groups -OCH3 is 1. The van der Waals surface area contributed by atoms with Crippen molar-refractivity contribution in [3.05, 3.63) is 0 Å². The van der Waals surface area contributed by atoms with E-state index in [0.29, 0.717) is 6.54 Å². The molecule has 17 heavy (non-hydrogen) atoms. The molecule has 0 radical (unpaired) electrons. The van der Waals surface area contributed by atoms with E-state index in [2.05, 4.69) is 4.74 Å². The molecule has 1 rings (SSSR count). The van der Waals surface area contributed by atoms with Gasteiger partial charge < -0.3 is 9.84 Å². The number of esters is 1. The zero-order chi connectivity index (χ0) is 13.3. The lowest BCUT2D eigenvalue weighted by Crippen LogP contribution is -2.55. The average Bonchev–Trinajstić information content (AvgIpc) is 2.20. The summed E-state index contributed by atoms with van der Waals surface area (Å²) >= 11 is 0. The highest BCUT2D eigenvalue weighted by atomic mass is 32.2. The van der Waals surface area contributed by atoms with Gasteiger partial charge in [0, 0.05) is 19.1 Å². The molecule has 6 nitrogen and oxygen atoms in total. The van der Waals surface area contributed by atoms with Crippen LogP contribution in [0.4, 0.5) is 0 Å². The molecule has 1 aliphatic rings. The van der Waals surface area contributed by atoms with Crippen molar-refractivity contribution in [2.45, 2.75) is 25.5 Å². The van der Waals surface area contributed by atoms with Gasteiger partial charge >= 0.3 is 5.97 Å². The van der Waals surface area contributed by atoms with Crippen LogP contribution < -0.4 is 0 Å². The maximum absolute atomic E-state index is 11.4. The van der Waals surface area contributed by atoms with Gasteiger partial charge in [0.25, 0.3) is 0 Å². The Morgan fingerprint density at radius 2 is 2.18 bits per heavy atom. The maximum Gasteiger partial charge on any atom is 0.338 e. The van der Waals surface area contributed by atoms with E-state index in [1.165, 1.54) is 14.0 Å². The molecule has 0 saturated carbocycles. The van der Waals surface area contributed by atoms with Gasteiger partial charge in [-0.3, -0.25) is 4.90 Å². The van der Waals surface area contributed by atoms with E-state index in [1.807, 2.05) is 0 Å². The number of sulfone groups is 1. The Balaban J connectivity index is 2.68. The van der Waals surface area contributed by atoms with Crippen molar-refractivity contribution in [1.82, 2.24) is 4.90 Å². The molecule has 0 aromatic heterocycles. The predicted octanol–water partition coefficient (Wildman–Crippen LogP) is -0.971. The Morgan fingerprint density at radius 3 is 2.65 bits per heavy atom. The van der Waals surface area contributed by atoms with Crippen LogP contribution in [0.15, 0.2) is 0 Å². The molecule has 2 atom stereocenters. The Kier molecular flexibility index (Phi) is 4.16. The van der Waals surface area contributed by atoms with Crippen molar-refractivity contribution >= 4 is 15.8 Å². The second-order valence-corrected chi connectivity index (χ2v) is 6.93. The molecular weight excluding hydrogens is 246 g/mol. The van der Waals surface area contributed by atoms with Crippen LogP contribution in [0.2, 0.25) is 0 Å². The zero-order valence-corrected chi connectivity index (χ0v) is 11.2. The molecule has 0 aromatic carbocycles. The van der Waals surface area contributed by atoms with Gasteiger partial charge in [-0.25, -0.2) is 13.2 Å². The standard InChI is InChI=1S/C10H19NO5S/c1-8-6-17(14,15)5-4-11(8)7-10(2,13)9(12)16-3/h8,13H,4-7H2,1-3H3. The van der Waals surface area contributed by atoms with E-state index < -0.39 is 21.4 Å². The highest BCUT2D eigenvalue weighted by Gasteiger charge is 2.37. The number of aliphatic hydroxyl groups is 1. The average molecular weight is 265 g/mol. The molecule has 1 aliphatic heterocycles. The SMILES string of the molecule is COC(=O)C(C)(O)CN1CCS(=O)(=O)CC1C. The second-order valence-electron chi connectivity index (χ2n) is 4.70. The summed E-state index contributed by atoms with van der Waals surface area (Å²) in [6, 6.07) is -0.204. The number of hydrogen-bond acceptors (Lipinski definition) is 6. The third kappa shape index (κ3) is 3.65. The van der Waals surface area contributed by atoms with Crippen LogP contribution in [0.3, 0.4) is 0 Å². The first-order valence-electron chi connectivity index (χ1n) is 5.43. The fraction of sp³-hybridized carbons (Fsp3) is 0.900. The van der Waals surface area contributed by atoms with Gasteiger partial charge in [-0.15, -0.1) is 0 Å². The molecule has 0 bridgehead atoms. The Bertz CT molecular complexity index is 390. The van der Waals surface area contributed by atoms with E-state index in [1.54, 1.807) is 11.8 Å². The van der Waals surface area contributed by atoms with Crippen molar-refractivity contribution in [1.29, 1.82) is 0 Å². The molecule has 1 N–H and O–H groups in total. The third-order valence-corrected chi connectivity index (χ3v) is 4.74. The largest absolute Gasteiger partial charge is 0.467 e. The minimum Gasteiger partial charge on any atom is -0.467 e. The number of hydrogen-bond donors (Lipinski definition) is 1. The molecule has 7 heteroatoms. The molecule has 1 fully saturated rings. The summed E-state index contributed by atoms with van der Waals surface area (Å²) in [6.07, 6.45) is 0. The van der Waals surface area contributed by atoms with E-state index in [-0.39, 0.29) is 24.1 Å². The molecule has 1 saturated heterocycles. The lowest BCUT2D eigenvalue weighted by molar-refractivity contribution is -0.162. The number of carbonyl (C=O) groups excluding carboxylic acids is 1. The Labute approximate surface area is 101 Å². The summed E-state index contributed by atoms with van der Waals surface area (Å²) in [6.45, 7) is 3.55. The molecule has 1 heterocycles. The molecule has 0 aliphatic carbocycles. The van der Waals surface area contributed by atoms with Gasteiger partial charge in [-0.05, 0) is 13.8 Å². The Morgan fingerprint density at radius 1 is 1.59 bits per heavy atom. The van der Waals surface area contributed by atoms with Gasteiger partial charge in [-0.1, -0.05) is 0 Å². The molecule has 0 spiro atoms. The van der Waals surface area contributed by atoms with Crippen LogP contribution in [0, 0.1) is 0 Å². The van der Waals surface area contributed by atoms with Crippen LogP contribution in [-0.4, -0.2) is 67.7 Å². The summed E-state index contributed by atoms with van der Waals surface area (Å²) in [5.41, 5.74) is -1.61. The predicted molar refractivity (Wildman–Crippen MR) is 62.3 cm³/mol. The van der Waals surface area contributed by atoms with Crippen LogP contribution >= 0.6 is 0 Å². The first-order chi connectivity index (χ1) is 7.68. The van der Waals surface area contributed by atoms with Gasteiger partial charge in [0.05, 0.1) is 18.6 Å². The van der Waals surface area contributed by atoms with Gasteiger partial charge in [0.2, 0.25) is 0 Å². The fourth-order valence-corrected chi connectivity index (χ4v) is 3.57. The first-order valence-corrected chi connectivity index (χ1v) is 7.25. The summed E-state index contributed by atoms with van der Waals surface area (Å²) < 4.78 is 27.3. The monoisotopic (exact) mass is 265 g/mol. The normalized spacial score (nSPS) is 28.4. The zero-order valence-electron chi connectivity index (χ0n) is 10.3. The number of ether oxygens (including phenoxy) is 1. The molecule has 0 amide bonds. The summed E-state index contributed by atoms with van der Waals surface area (Å²) in [5.74, 6) is -0.586. The molecular formula is C10H19NO5S. The summed E-state index contributed by atoms with van der Waals surface area (Å²) in [7, 11) is -1.78. The van der Waals surface area contributed by atoms with Crippen LogP contribution in [-0.2, 0) is 19.4 Å².